The van der Waals surface area contributed by atoms with E-state index >= 15 is 0 Å². The van der Waals surface area contributed by atoms with Crippen molar-refractivity contribution in [3.05, 3.63) is 53.1 Å². The van der Waals surface area contributed by atoms with Gasteiger partial charge in [0.2, 0.25) is 10.0 Å². The number of sulfonamides is 1. The third-order valence-electron chi connectivity index (χ3n) is 4.62. The average Bonchev–Trinajstić information content (AvgIpc) is 2.73. The van der Waals surface area contributed by atoms with E-state index in [-0.39, 0.29) is 42.0 Å². The van der Waals surface area contributed by atoms with Gasteiger partial charge in [0.15, 0.2) is 0 Å². The Bertz CT molecular complexity index is 972. The van der Waals surface area contributed by atoms with Crippen LogP contribution in [0.4, 0.5) is 0 Å². The maximum absolute atomic E-state index is 12.9. The number of carbonyl (C=O) groups is 1. The molecule has 28 heavy (non-hydrogen) atoms. The fourth-order valence-corrected chi connectivity index (χ4v) is 4.99. The fourth-order valence-electron chi connectivity index (χ4n) is 3.07. The van der Waals surface area contributed by atoms with Crippen LogP contribution in [0.15, 0.2) is 47.4 Å². The molecule has 0 aromatic heterocycles. The molecular weight excluding hydrogens is 404 g/mol. The number of piperazine rings is 1. The maximum Gasteiger partial charge on any atom is 0.257 e. The van der Waals surface area contributed by atoms with Gasteiger partial charge in [0.25, 0.3) is 5.91 Å². The Morgan fingerprint density at radius 3 is 2.29 bits per heavy atom. The van der Waals surface area contributed by atoms with E-state index in [1.165, 1.54) is 24.6 Å². The van der Waals surface area contributed by atoms with Crippen LogP contribution in [0.3, 0.4) is 0 Å². The number of amides is 1. The van der Waals surface area contributed by atoms with Crippen molar-refractivity contribution >= 4 is 27.5 Å². The molecule has 1 aliphatic heterocycles. The molecule has 0 unspecified atom stereocenters. The summed E-state index contributed by atoms with van der Waals surface area (Å²) in [6.07, 6.45) is 0. The lowest BCUT2D eigenvalue weighted by atomic mass is 10.1. The van der Waals surface area contributed by atoms with Gasteiger partial charge in [-0.25, -0.2) is 8.42 Å². The Morgan fingerprint density at radius 1 is 1.00 bits per heavy atom. The molecule has 1 aliphatic rings. The number of benzene rings is 2. The summed E-state index contributed by atoms with van der Waals surface area (Å²) in [7, 11) is -0.684. The van der Waals surface area contributed by atoms with Gasteiger partial charge in [-0.05, 0) is 24.3 Å². The minimum absolute atomic E-state index is 0.0771. The second-order valence-electron chi connectivity index (χ2n) is 6.19. The molecule has 0 saturated carbocycles. The van der Waals surface area contributed by atoms with E-state index in [0.717, 1.165) is 0 Å². The van der Waals surface area contributed by atoms with Crippen molar-refractivity contribution in [2.75, 3.05) is 40.4 Å². The summed E-state index contributed by atoms with van der Waals surface area (Å²) >= 11 is 6.05. The third-order valence-corrected chi connectivity index (χ3v) is 7.02. The van der Waals surface area contributed by atoms with E-state index in [9.17, 15) is 13.2 Å². The molecule has 7 nitrogen and oxygen atoms in total. The summed E-state index contributed by atoms with van der Waals surface area (Å²) in [5.41, 5.74) is 0.408. The fraction of sp³-hybridized carbons (Fsp3) is 0.316. The summed E-state index contributed by atoms with van der Waals surface area (Å²) in [5.74, 6) is 0.786. The van der Waals surface area contributed by atoms with Crippen molar-refractivity contribution in [1.29, 1.82) is 0 Å². The van der Waals surface area contributed by atoms with Crippen molar-refractivity contribution in [3.8, 4) is 11.5 Å². The van der Waals surface area contributed by atoms with Gasteiger partial charge in [-0.1, -0.05) is 23.7 Å². The molecule has 0 aliphatic carbocycles. The third kappa shape index (κ3) is 3.94. The van der Waals surface area contributed by atoms with Crippen LogP contribution in [0.25, 0.3) is 0 Å². The van der Waals surface area contributed by atoms with Crippen LogP contribution in [0.5, 0.6) is 11.5 Å². The van der Waals surface area contributed by atoms with E-state index in [2.05, 4.69) is 0 Å². The van der Waals surface area contributed by atoms with Crippen LogP contribution in [-0.4, -0.2) is 63.9 Å². The highest BCUT2D eigenvalue weighted by molar-refractivity contribution is 7.89. The number of ether oxygens (including phenoxy) is 2. The molecule has 9 heteroatoms. The lowest BCUT2D eigenvalue weighted by molar-refractivity contribution is 0.0694. The van der Waals surface area contributed by atoms with Crippen LogP contribution in [0.2, 0.25) is 5.02 Å². The topological polar surface area (TPSA) is 76.2 Å². The zero-order valence-electron chi connectivity index (χ0n) is 15.6. The van der Waals surface area contributed by atoms with Gasteiger partial charge in [-0.3, -0.25) is 4.79 Å². The first-order valence-corrected chi connectivity index (χ1v) is 10.5. The van der Waals surface area contributed by atoms with Gasteiger partial charge in [0.1, 0.15) is 16.4 Å². The van der Waals surface area contributed by atoms with Crippen LogP contribution in [0.1, 0.15) is 10.4 Å². The van der Waals surface area contributed by atoms with Gasteiger partial charge in [0, 0.05) is 32.2 Å². The molecule has 2 aromatic rings. The molecule has 1 fully saturated rings. The van der Waals surface area contributed by atoms with Crippen molar-refractivity contribution in [2.45, 2.75) is 4.90 Å². The van der Waals surface area contributed by atoms with Crippen LogP contribution >= 0.6 is 11.6 Å². The Morgan fingerprint density at radius 2 is 1.68 bits per heavy atom. The molecule has 2 aromatic carbocycles. The van der Waals surface area contributed by atoms with E-state index in [1.807, 2.05) is 0 Å². The predicted octanol–water partition coefficient (Wildman–Crippen LogP) is 2.50. The minimum atomic E-state index is -3.71. The SMILES string of the molecule is COc1ccc(C(=O)N2CCN(S(=O)(=O)c3ccccc3Cl)CC2)c(OC)c1. The second kappa shape index (κ2) is 8.38. The monoisotopic (exact) mass is 424 g/mol. The Kier molecular flexibility index (Phi) is 6.12. The van der Waals surface area contributed by atoms with E-state index in [1.54, 1.807) is 41.3 Å². The van der Waals surface area contributed by atoms with Crippen molar-refractivity contribution in [3.63, 3.8) is 0 Å². The highest BCUT2D eigenvalue weighted by Crippen LogP contribution is 2.28. The van der Waals surface area contributed by atoms with Crippen LogP contribution < -0.4 is 9.47 Å². The summed E-state index contributed by atoms with van der Waals surface area (Å²) in [5, 5.41) is 0.184. The molecule has 1 amide bonds. The zero-order valence-corrected chi connectivity index (χ0v) is 17.2. The van der Waals surface area contributed by atoms with E-state index < -0.39 is 10.0 Å². The number of halogens is 1. The van der Waals surface area contributed by atoms with Gasteiger partial charge >= 0.3 is 0 Å². The number of carbonyl (C=O) groups excluding carboxylic acids is 1. The number of nitrogens with zero attached hydrogens (tertiary/aromatic N) is 2. The molecule has 0 radical (unpaired) electrons. The van der Waals surface area contributed by atoms with Crippen molar-refractivity contribution in [1.82, 2.24) is 9.21 Å². The maximum atomic E-state index is 12.9. The highest BCUT2D eigenvalue weighted by Gasteiger charge is 2.32. The number of methoxy groups -OCH3 is 2. The van der Waals surface area contributed by atoms with Crippen molar-refractivity contribution in [2.24, 2.45) is 0 Å². The van der Waals surface area contributed by atoms with Gasteiger partial charge in [0.05, 0.1) is 24.8 Å². The number of hydrogen-bond donors (Lipinski definition) is 0. The molecule has 0 atom stereocenters. The molecule has 1 saturated heterocycles. The molecule has 150 valence electrons. The average molecular weight is 425 g/mol. The zero-order chi connectivity index (χ0) is 20.3. The van der Waals surface area contributed by atoms with Crippen LogP contribution in [-0.2, 0) is 10.0 Å². The summed E-state index contributed by atoms with van der Waals surface area (Å²) < 4.78 is 37.5. The summed E-state index contributed by atoms with van der Waals surface area (Å²) in [6, 6.07) is 11.3. The summed E-state index contributed by atoms with van der Waals surface area (Å²) in [6.45, 7) is 0.935. The number of rotatable bonds is 5. The smallest absolute Gasteiger partial charge is 0.257 e. The summed E-state index contributed by atoms with van der Waals surface area (Å²) in [4.78, 5) is 14.6. The predicted molar refractivity (Wildman–Crippen MR) is 106 cm³/mol. The normalized spacial score (nSPS) is 15.3. The highest BCUT2D eigenvalue weighted by atomic mass is 35.5. The molecular formula is C19H21ClN2O5S. The number of hydrogen-bond acceptors (Lipinski definition) is 5. The van der Waals surface area contributed by atoms with Gasteiger partial charge in [-0.15, -0.1) is 0 Å². The van der Waals surface area contributed by atoms with Crippen LogP contribution in [0, 0.1) is 0 Å². The van der Waals surface area contributed by atoms with E-state index in [0.29, 0.717) is 17.1 Å². The Balaban J connectivity index is 1.74. The van der Waals surface area contributed by atoms with Gasteiger partial charge in [-0.2, -0.15) is 4.31 Å². The minimum Gasteiger partial charge on any atom is -0.497 e. The second-order valence-corrected chi connectivity index (χ2v) is 8.51. The lowest BCUT2D eigenvalue weighted by Crippen LogP contribution is -2.50. The van der Waals surface area contributed by atoms with E-state index in [4.69, 9.17) is 21.1 Å². The first-order chi connectivity index (χ1) is 13.4. The Hall–Kier alpha value is -2.29. The molecule has 1 heterocycles. The molecule has 0 N–H and O–H groups in total. The quantitative estimate of drug-likeness (QED) is 0.737. The largest absolute Gasteiger partial charge is 0.497 e. The first kappa shape index (κ1) is 20.4. The van der Waals surface area contributed by atoms with Gasteiger partial charge < -0.3 is 14.4 Å². The molecule has 0 bridgehead atoms. The Labute approximate surface area is 169 Å². The molecule has 3 rings (SSSR count). The lowest BCUT2D eigenvalue weighted by Gasteiger charge is -2.34. The van der Waals surface area contributed by atoms with Crippen molar-refractivity contribution < 1.29 is 22.7 Å². The first-order valence-electron chi connectivity index (χ1n) is 8.64. The standard InChI is InChI=1S/C19H21ClN2O5S/c1-26-14-7-8-15(17(13-14)27-2)19(23)21-9-11-22(12-10-21)28(24,25)18-6-4-3-5-16(18)20/h3-8,13H,9-12H2,1-2H3. The molecule has 0 spiro atoms.